The van der Waals surface area contributed by atoms with E-state index in [0.717, 1.165) is 25.8 Å². The molecule has 2 saturated heterocycles. The number of amides is 1. The largest absolute Gasteiger partial charge is 0.336 e. The Morgan fingerprint density at radius 2 is 1.94 bits per heavy atom. The lowest BCUT2D eigenvalue weighted by Gasteiger charge is -2.40. The van der Waals surface area contributed by atoms with Crippen molar-refractivity contribution in [2.24, 2.45) is 5.92 Å². The van der Waals surface area contributed by atoms with E-state index >= 15 is 0 Å². The number of carbonyl (C=O) groups is 1. The highest BCUT2D eigenvalue weighted by atomic mass is 35.5. The molecule has 18 heavy (non-hydrogen) atoms. The Bertz CT molecular complexity index is 436. The summed E-state index contributed by atoms with van der Waals surface area (Å²) in [7, 11) is -2.97. The van der Waals surface area contributed by atoms with Gasteiger partial charge in [0.2, 0.25) is 5.91 Å². The van der Waals surface area contributed by atoms with Crippen LogP contribution in [0.15, 0.2) is 0 Å². The van der Waals surface area contributed by atoms with Gasteiger partial charge in [-0.2, -0.15) is 0 Å². The molecular weight excluding hydrogens is 276 g/mol. The van der Waals surface area contributed by atoms with Crippen LogP contribution in [0.3, 0.4) is 0 Å². The van der Waals surface area contributed by atoms with Gasteiger partial charge in [0.1, 0.15) is 0 Å². The Morgan fingerprint density at radius 3 is 2.56 bits per heavy atom. The summed E-state index contributed by atoms with van der Waals surface area (Å²) in [5.74, 6) is 0.678. The highest BCUT2D eigenvalue weighted by Crippen LogP contribution is 2.31. The molecule has 1 saturated carbocycles. The molecule has 1 amide bonds. The van der Waals surface area contributed by atoms with E-state index in [-0.39, 0.29) is 47.8 Å². The van der Waals surface area contributed by atoms with Crippen LogP contribution < -0.4 is 5.32 Å². The molecule has 0 aromatic heterocycles. The number of hydrogen-bond donors (Lipinski definition) is 1. The van der Waals surface area contributed by atoms with E-state index in [1.165, 1.54) is 0 Å². The maximum atomic E-state index is 12.2. The Balaban J connectivity index is 0.00000120. The number of rotatable bonds is 1. The number of halogens is 1. The Labute approximate surface area is 114 Å². The van der Waals surface area contributed by atoms with Gasteiger partial charge in [-0.25, -0.2) is 8.42 Å². The van der Waals surface area contributed by atoms with Gasteiger partial charge >= 0.3 is 0 Å². The minimum atomic E-state index is -2.97. The van der Waals surface area contributed by atoms with E-state index in [4.69, 9.17) is 0 Å². The highest BCUT2D eigenvalue weighted by Gasteiger charge is 2.46. The Hall–Kier alpha value is -0.330. The van der Waals surface area contributed by atoms with Crippen LogP contribution in [0.1, 0.15) is 19.3 Å². The van der Waals surface area contributed by atoms with Gasteiger partial charge in [0.05, 0.1) is 17.5 Å². The molecule has 0 bridgehead atoms. The number of nitrogens with zero attached hydrogens (tertiary/aromatic N) is 1. The summed E-state index contributed by atoms with van der Waals surface area (Å²) in [5.41, 5.74) is 0. The summed E-state index contributed by atoms with van der Waals surface area (Å²) in [6, 6.07) is -0.167. The van der Waals surface area contributed by atoms with Gasteiger partial charge in [0.25, 0.3) is 0 Å². The molecular formula is C11H19ClN2O3S. The summed E-state index contributed by atoms with van der Waals surface area (Å²) in [4.78, 5) is 14.1. The van der Waals surface area contributed by atoms with Crippen LogP contribution in [0.4, 0.5) is 0 Å². The van der Waals surface area contributed by atoms with Crippen molar-refractivity contribution in [2.75, 3.05) is 24.6 Å². The van der Waals surface area contributed by atoms with Crippen LogP contribution in [-0.2, 0) is 14.6 Å². The fraction of sp³-hybridized carbons (Fsp3) is 0.909. The molecule has 7 heteroatoms. The summed E-state index contributed by atoms with van der Waals surface area (Å²) >= 11 is 0. The lowest BCUT2D eigenvalue weighted by atomic mass is 9.83. The van der Waals surface area contributed by atoms with Crippen molar-refractivity contribution in [1.29, 1.82) is 0 Å². The molecule has 3 rings (SSSR count). The second kappa shape index (κ2) is 4.98. The zero-order chi connectivity index (χ0) is 12.0. The van der Waals surface area contributed by atoms with Crippen molar-refractivity contribution in [3.05, 3.63) is 0 Å². The maximum absolute atomic E-state index is 12.2. The second-order valence-corrected chi connectivity index (χ2v) is 7.52. The van der Waals surface area contributed by atoms with Crippen molar-refractivity contribution in [2.45, 2.75) is 31.3 Å². The smallest absolute Gasteiger partial charge is 0.226 e. The molecule has 3 aliphatic rings. The fourth-order valence-corrected chi connectivity index (χ4v) is 4.99. The standard InChI is InChI=1S/C11H18N2O3S.ClH/c14-11(8-2-1-3-8)13-5-4-12-9-6-17(15,16)7-10(9)13;/h8-10,12H,1-7H2;1H. The van der Waals surface area contributed by atoms with E-state index in [9.17, 15) is 13.2 Å². The molecule has 5 nitrogen and oxygen atoms in total. The normalized spacial score (nSPS) is 34.3. The van der Waals surface area contributed by atoms with Crippen molar-refractivity contribution in [3.63, 3.8) is 0 Å². The first-order valence-corrected chi connectivity index (χ1v) is 8.13. The molecule has 2 aliphatic heterocycles. The fourth-order valence-electron chi connectivity index (χ4n) is 3.03. The summed E-state index contributed by atoms with van der Waals surface area (Å²) in [5, 5.41) is 3.22. The third-order valence-electron chi connectivity index (χ3n) is 4.22. The van der Waals surface area contributed by atoms with Gasteiger partial charge in [-0.3, -0.25) is 4.79 Å². The molecule has 104 valence electrons. The number of hydrogen-bond acceptors (Lipinski definition) is 4. The van der Waals surface area contributed by atoms with Crippen LogP contribution in [0.25, 0.3) is 0 Å². The summed E-state index contributed by atoms with van der Waals surface area (Å²) in [6.07, 6.45) is 3.09. The van der Waals surface area contributed by atoms with Crippen LogP contribution >= 0.6 is 12.4 Å². The van der Waals surface area contributed by atoms with Crippen molar-refractivity contribution in [3.8, 4) is 0 Å². The topological polar surface area (TPSA) is 66.5 Å². The average molecular weight is 295 g/mol. The number of carbonyl (C=O) groups excluding carboxylic acids is 1. The zero-order valence-electron chi connectivity index (χ0n) is 10.2. The van der Waals surface area contributed by atoms with Gasteiger partial charge in [-0.1, -0.05) is 6.42 Å². The molecule has 0 aromatic carbocycles. The number of nitrogens with one attached hydrogen (secondary N) is 1. The van der Waals surface area contributed by atoms with Gasteiger partial charge in [-0.05, 0) is 12.8 Å². The lowest BCUT2D eigenvalue weighted by Crippen LogP contribution is -2.60. The van der Waals surface area contributed by atoms with E-state index in [2.05, 4.69) is 5.32 Å². The average Bonchev–Trinajstić information content (AvgIpc) is 2.47. The first kappa shape index (κ1) is 14.1. The molecule has 1 N–H and O–H groups in total. The number of fused-ring (bicyclic) bond motifs is 1. The van der Waals surface area contributed by atoms with Crippen LogP contribution in [-0.4, -0.2) is 55.9 Å². The summed E-state index contributed by atoms with van der Waals surface area (Å²) in [6.45, 7) is 1.38. The van der Waals surface area contributed by atoms with Crippen molar-refractivity contribution in [1.82, 2.24) is 10.2 Å². The quantitative estimate of drug-likeness (QED) is 0.728. The predicted molar refractivity (Wildman–Crippen MR) is 70.5 cm³/mol. The molecule has 0 spiro atoms. The van der Waals surface area contributed by atoms with Gasteiger partial charge in [-0.15, -0.1) is 12.4 Å². The minimum absolute atomic E-state index is 0. The minimum Gasteiger partial charge on any atom is -0.336 e. The van der Waals surface area contributed by atoms with E-state index in [0.29, 0.717) is 6.54 Å². The molecule has 2 atom stereocenters. The van der Waals surface area contributed by atoms with Crippen LogP contribution in [0, 0.1) is 5.92 Å². The first-order valence-electron chi connectivity index (χ1n) is 6.31. The Kier molecular flexibility index (Phi) is 3.90. The molecule has 3 fully saturated rings. The van der Waals surface area contributed by atoms with Crippen LogP contribution in [0.2, 0.25) is 0 Å². The number of sulfone groups is 1. The molecule has 2 heterocycles. The molecule has 0 radical (unpaired) electrons. The Morgan fingerprint density at radius 1 is 1.22 bits per heavy atom. The van der Waals surface area contributed by atoms with E-state index in [1.54, 1.807) is 0 Å². The van der Waals surface area contributed by atoms with Gasteiger partial charge < -0.3 is 10.2 Å². The first-order chi connectivity index (χ1) is 8.07. The van der Waals surface area contributed by atoms with Gasteiger partial charge in [0, 0.05) is 25.0 Å². The number of piperazine rings is 1. The predicted octanol–water partition coefficient (Wildman–Crippen LogP) is -0.194. The lowest BCUT2D eigenvalue weighted by molar-refractivity contribution is -0.141. The zero-order valence-corrected chi connectivity index (χ0v) is 11.8. The van der Waals surface area contributed by atoms with Gasteiger partial charge in [0.15, 0.2) is 9.84 Å². The maximum Gasteiger partial charge on any atom is 0.226 e. The molecule has 2 unspecified atom stereocenters. The second-order valence-electron chi connectivity index (χ2n) is 5.36. The SMILES string of the molecule is Cl.O=C(C1CCC1)N1CCNC2CS(=O)(=O)CC21. The third-order valence-corrected chi connectivity index (χ3v) is 5.94. The molecule has 1 aliphatic carbocycles. The summed E-state index contributed by atoms with van der Waals surface area (Å²) < 4.78 is 23.3. The molecule has 0 aromatic rings. The van der Waals surface area contributed by atoms with Crippen LogP contribution in [0.5, 0.6) is 0 Å². The van der Waals surface area contributed by atoms with E-state index in [1.807, 2.05) is 4.90 Å². The van der Waals surface area contributed by atoms with Crippen molar-refractivity contribution < 1.29 is 13.2 Å². The third kappa shape index (κ3) is 2.38. The monoisotopic (exact) mass is 294 g/mol. The van der Waals surface area contributed by atoms with Crippen molar-refractivity contribution >= 4 is 28.2 Å². The van der Waals surface area contributed by atoms with E-state index < -0.39 is 9.84 Å². The highest BCUT2D eigenvalue weighted by molar-refractivity contribution is 7.91.